The third-order valence-electron chi connectivity index (χ3n) is 4.84. The molecular weight excluding hydrogens is 362 g/mol. The highest BCUT2D eigenvalue weighted by molar-refractivity contribution is 6.30. The van der Waals surface area contributed by atoms with Gasteiger partial charge in [0.05, 0.1) is 19.9 Å². The fraction of sp³-hybridized carbons (Fsp3) is 0.286. The maximum Gasteiger partial charge on any atom is 0.170 e. The minimum Gasteiger partial charge on any atom is -0.493 e. The van der Waals surface area contributed by atoms with Gasteiger partial charge in [-0.3, -0.25) is 0 Å². The number of nitrogens with one attached hydrogen (secondary N) is 1. The molecule has 1 aliphatic heterocycles. The van der Waals surface area contributed by atoms with Gasteiger partial charge in [-0.25, -0.2) is 4.68 Å². The maximum absolute atomic E-state index is 6.22. The second-order valence-electron chi connectivity index (χ2n) is 6.49. The summed E-state index contributed by atoms with van der Waals surface area (Å²) in [4.78, 5) is 0. The van der Waals surface area contributed by atoms with Crippen LogP contribution in [0.3, 0.4) is 0 Å². The number of anilines is 1. The van der Waals surface area contributed by atoms with Gasteiger partial charge in [-0.1, -0.05) is 23.7 Å². The molecule has 1 N–H and O–H groups in total. The van der Waals surface area contributed by atoms with Crippen LogP contribution < -0.4 is 14.8 Å². The molecule has 0 bridgehead atoms. The summed E-state index contributed by atoms with van der Waals surface area (Å²) in [5, 5.41) is 9.20. The van der Waals surface area contributed by atoms with Crippen LogP contribution in [0.15, 0.2) is 42.5 Å². The summed E-state index contributed by atoms with van der Waals surface area (Å²) >= 11 is 6.22. The number of benzene rings is 2. The average Bonchev–Trinajstić information content (AvgIpc) is 2.88. The Morgan fingerprint density at radius 1 is 1.07 bits per heavy atom. The van der Waals surface area contributed by atoms with Crippen LogP contribution in [0.25, 0.3) is 16.9 Å². The van der Waals surface area contributed by atoms with E-state index in [0.717, 1.165) is 48.6 Å². The van der Waals surface area contributed by atoms with Crippen molar-refractivity contribution in [3.8, 4) is 28.4 Å². The van der Waals surface area contributed by atoms with Gasteiger partial charge in [0.2, 0.25) is 0 Å². The molecule has 0 fully saturated rings. The number of para-hydroxylation sites is 1. The van der Waals surface area contributed by atoms with Crippen molar-refractivity contribution in [3.05, 3.63) is 53.1 Å². The number of hydrogen-bond donors (Lipinski definition) is 1. The Bertz CT molecular complexity index is 968. The first-order chi connectivity index (χ1) is 13.2. The molecule has 2 aromatic carbocycles. The Balaban J connectivity index is 1.95. The fourth-order valence-corrected chi connectivity index (χ4v) is 3.77. The minimum atomic E-state index is 0.686. The van der Waals surface area contributed by atoms with Crippen molar-refractivity contribution in [1.29, 1.82) is 0 Å². The summed E-state index contributed by atoms with van der Waals surface area (Å²) in [7, 11) is 3.31. The van der Waals surface area contributed by atoms with E-state index < -0.39 is 0 Å². The first kappa shape index (κ1) is 17.7. The molecule has 2 heterocycles. The zero-order valence-corrected chi connectivity index (χ0v) is 16.2. The van der Waals surface area contributed by atoms with E-state index >= 15 is 0 Å². The van der Waals surface area contributed by atoms with Crippen LogP contribution in [-0.4, -0.2) is 30.5 Å². The van der Waals surface area contributed by atoms with Crippen molar-refractivity contribution in [2.24, 2.45) is 0 Å². The van der Waals surface area contributed by atoms with E-state index in [4.69, 9.17) is 26.2 Å². The smallest absolute Gasteiger partial charge is 0.170 e. The Labute approximate surface area is 163 Å². The summed E-state index contributed by atoms with van der Waals surface area (Å²) in [5.74, 6) is 2.42. The van der Waals surface area contributed by atoms with E-state index in [-0.39, 0.29) is 0 Å². The van der Waals surface area contributed by atoms with E-state index in [9.17, 15) is 0 Å². The van der Waals surface area contributed by atoms with Crippen LogP contribution in [0.2, 0.25) is 5.02 Å². The largest absolute Gasteiger partial charge is 0.493 e. The highest BCUT2D eigenvalue weighted by atomic mass is 35.5. The highest BCUT2D eigenvalue weighted by Gasteiger charge is 2.24. The number of halogens is 1. The molecule has 0 atom stereocenters. The number of methoxy groups -OCH3 is 2. The molecular formula is C21H22ClN3O2. The molecule has 1 aromatic heterocycles. The monoisotopic (exact) mass is 383 g/mol. The van der Waals surface area contributed by atoms with Gasteiger partial charge in [0.25, 0.3) is 0 Å². The lowest BCUT2D eigenvalue weighted by Crippen LogP contribution is -2.07. The fourth-order valence-electron chi connectivity index (χ4n) is 3.59. The molecule has 5 nitrogen and oxygen atoms in total. The van der Waals surface area contributed by atoms with Crippen LogP contribution in [0.4, 0.5) is 5.82 Å². The van der Waals surface area contributed by atoms with Gasteiger partial charge in [-0.05, 0) is 49.6 Å². The van der Waals surface area contributed by atoms with Crippen LogP contribution in [0.5, 0.6) is 11.5 Å². The predicted octanol–water partition coefficient (Wildman–Crippen LogP) is 4.96. The summed E-state index contributed by atoms with van der Waals surface area (Å²) in [6.07, 6.45) is 3.19. The van der Waals surface area contributed by atoms with Gasteiger partial charge in [0.15, 0.2) is 11.5 Å². The molecule has 0 saturated carbocycles. The topological polar surface area (TPSA) is 48.3 Å². The number of rotatable bonds is 4. The van der Waals surface area contributed by atoms with Crippen molar-refractivity contribution in [2.75, 3.05) is 26.1 Å². The highest BCUT2D eigenvalue weighted by Crippen LogP contribution is 2.42. The van der Waals surface area contributed by atoms with E-state index in [0.29, 0.717) is 16.5 Å². The van der Waals surface area contributed by atoms with Gasteiger partial charge < -0.3 is 14.8 Å². The Morgan fingerprint density at radius 3 is 2.70 bits per heavy atom. The standard InChI is InChI=1S/C21H22ClN3O2/c1-26-18-11-6-10-16(20(18)27-2)19-17-9-3-4-12-23-21(17)25(24-19)15-8-5-7-14(22)13-15/h5-8,10-11,13,23H,3-4,9,12H2,1-2H3. The second kappa shape index (κ2) is 7.53. The van der Waals surface area contributed by atoms with Gasteiger partial charge >= 0.3 is 0 Å². The molecule has 0 spiro atoms. The van der Waals surface area contributed by atoms with Crippen LogP contribution in [0.1, 0.15) is 18.4 Å². The number of aromatic nitrogens is 2. The quantitative estimate of drug-likeness (QED) is 0.691. The first-order valence-corrected chi connectivity index (χ1v) is 9.44. The van der Waals surface area contributed by atoms with Crippen molar-refractivity contribution in [1.82, 2.24) is 9.78 Å². The third-order valence-corrected chi connectivity index (χ3v) is 5.08. The molecule has 3 aromatic rings. The molecule has 0 radical (unpaired) electrons. The number of hydrogen-bond acceptors (Lipinski definition) is 4. The van der Waals surface area contributed by atoms with Crippen LogP contribution >= 0.6 is 11.6 Å². The lowest BCUT2D eigenvalue weighted by molar-refractivity contribution is 0.356. The molecule has 27 heavy (non-hydrogen) atoms. The van der Waals surface area contributed by atoms with Gasteiger partial charge in [-0.2, -0.15) is 5.10 Å². The molecule has 140 valence electrons. The number of ether oxygens (including phenoxy) is 2. The molecule has 0 amide bonds. The Kier molecular flexibility index (Phi) is 4.94. The summed E-state index contributed by atoms with van der Waals surface area (Å²) < 4.78 is 13.1. The molecule has 6 heteroatoms. The molecule has 0 aliphatic carbocycles. The average molecular weight is 384 g/mol. The lowest BCUT2D eigenvalue weighted by Gasteiger charge is -2.12. The van der Waals surface area contributed by atoms with Gasteiger partial charge in [0.1, 0.15) is 11.5 Å². The summed E-state index contributed by atoms with van der Waals surface area (Å²) in [6.45, 7) is 0.925. The Morgan fingerprint density at radius 2 is 1.93 bits per heavy atom. The maximum atomic E-state index is 6.22. The molecule has 4 rings (SSSR count). The first-order valence-electron chi connectivity index (χ1n) is 9.06. The molecule has 1 aliphatic rings. The molecule has 0 unspecified atom stereocenters. The number of nitrogens with zero attached hydrogens (tertiary/aromatic N) is 2. The van der Waals surface area contributed by atoms with E-state index in [1.165, 1.54) is 5.56 Å². The second-order valence-corrected chi connectivity index (χ2v) is 6.93. The van der Waals surface area contributed by atoms with Crippen LogP contribution in [-0.2, 0) is 6.42 Å². The summed E-state index contributed by atoms with van der Waals surface area (Å²) in [5.41, 5.74) is 3.97. The zero-order chi connectivity index (χ0) is 18.8. The van der Waals surface area contributed by atoms with E-state index in [1.54, 1.807) is 14.2 Å². The minimum absolute atomic E-state index is 0.686. The van der Waals surface area contributed by atoms with E-state index in [1.807, 2.05) is 47.1 Å². The van der Waals surface area contributed by atoms with Crippen molar-refractivity contribution < 1.29 is 9.47 Å². The van der Waals surface area contributed by atoms with Gasteiger partial charge in [0, 0.05) is 22.7 Å². The lowest BCUT2D eigenvalue weighted by atomic mass is 10.0. The molecule has 0 saturated heterocycles. The van der Waals surface area contributed by atoms with Crippen LogP contribution in [0, 0.1) is 0 Å². The predicted molar refractivity (Wildman–Crippen MR) is 109 cm³/mol. The van der Waals surface area contributed by atoms with Crippen molar-refractivity contribution in [2.45, 2.75) is 19.3 Å². The Hall–Kier alpha value is -2.66. The zero-order valence-electron chi connectivity index (χ0n) is 15.5. The van der Waals surface area contributed by atoms with Gasteiger partial charge in [-0.15, -0.1) is 0 Å². The normalized spacial score (nSPS) is 13.4. The number of fused-ring (bicyclic) bond motifs is 1. The SMILES string of the molecule is COc1cccc(-c2nn(-c3cccc(Cl)c3)c3c2CCCCN3)c1OC. The van der Waals surface area contributed by atoms with Crippen molar-refractivity contribution in [3.63, 3.8) is 0 Å². The van der Waals surface area contributed by atoms with E-state index in [2.05, 4.69) is 5.32 Å². The summed E-state index contributed by atoms with van der Waals surface area (Å²) in [6, 6.07) is 13.6. The third kappa shape index (κ3) is 3.23. The van der Waals surface area contributed by atoms with Crippen molar-refractivity contribution >= 4 is 17.4 Å².